The zero-order valence-corrected chi connectivity index (χ0v) is 10.9. The van der Waals surface area contributed by atoms with Crippen LogP contribution in [0.1, 0.15) is 26.2 Å². The van der Waals surface area contributed by atoms with Crippen molar-refractivity contribution in [2.24, 2.45) is 0 Å². The van der Waals surface area contributed by atoms with Gasteiger partial charge < -0.3 is 4.74 Å². The molecule has 0 spiro atoms. The van der Waals surface area contributed by atoms with Gasteiger partial charge in [-0.15, -0.1) is 11.6 Å². The fourth-order valence-electron chi connectivity index (χ4n) is 2.20. The van der Waals surface area contributed by atoms with Gasteiger partial charge in [0.25, 0.3) is 0 Å². The molecule has 0 N–H and O–H groups in total. The van der Waals surface area contributed by atoms with E-state index in [1.54, 1.807) is 0 Å². The van der Waals surface area contributed by atoms with Crippen LogP contribution < -0.4 is 0 Å². The van der Waals surface area contributed by atoms with Crippen LogP contribution in [-0.4, -0.2) is 25.3 Å². The second kappa shape index (κ2) is 3.91. The van der Waals surface area contributed by atoms with Crippen molar-refractivity contribution >= 4 is 19.7 Å². The summed E-state index contributed by atoms with van der Waals surface area (Å²) in [5.74, 6) is 0. The highest BCUT2D eigenvalue weighted by molar-refractivity contribution is 6.79. The first-order valence-electron chi connectivity index (χ1n) is 5.19. The van der Waals surface area contributed by atoms with E-state index in [9.17, 15) is 0 Å². The largest absolute Gasteiger partial charge is 0.378 e. The summed E-state index contributed by atoms with van der Waals surface area (Å²) in [6.45, 7) is 10.2. The van der Waals surface area contributed by atoms with Gasteiger partial charge in [-0.05, 0) is 19.3 Å². The zero-order valence-electron chi connectivity index (χ0n) is 9.19. The van der Waals surface area contributed by atoms with Gasteiger partial charge in [-0.1, -0.05) is 26.6 Å². The number of alkyl halides is 1. The van der Waals surface area contributed by atoms with Crippen LogP contribution in [0.5, 0.6) is 0 Å². The summed E-state index contributed by atoms with van der Waals surface area (Å²) in [6.07, 6.45) is 3.19. The lowest BCUT2D eigenvalue weighted by Gasteiger charge is -2.47. The average molecular weight is 221 g/mol. The predicted molar refractivity (Wildman–Crippen MR) is 61.2 cm³/mol. The number of hydrogen-bond donors (Lipinski definition) is 0. The quantitative estimate of drug-likeness (QED) is 0.512. The van der Waals surface area contributed by atoms with Crippen LogP contribution in [0.4, 0.5) is 0 Å². The van der Waals surface area contributed by atoms with Crippen LogP contribution in [0.3, 0.4) is 0 Å². The summed E-state index contributed by atoms with van der Waals surface area (Å²) in [7, 11) is -1.26. The molecule has 1 nitrogen and oxygen atoms in total. The Morgan fingerprint density at radius 2 is 2.08 bits per heavy atom. The van der Waals surface area contributed by atoms with Crippen molar-refractivity contribution in [3.8, 4) is 0 Å². The monoisotopic (exact) mass is 220 g/mol. The first-order valence-corrected chi connectivity index (χ1v) is 9.13. The topological polar surface area (TPSA) is 9.23 Å². The second-order valence-electron chi connectivity index (χ2n) is 5.04. The maximum absolute atomic E-state index is 6.23. The Labute approximate surface area is 87.8 Å². The summed E-state index contributed by atoms with van der Waals surface area (Å²) in [6, 6.07) is 0. The van der Waals surface area contributed by atoms with Gasteiger partial charge in [0.15, 0.2) is 0 Å². The van der Waals surface area contributed by atoms with Crippen molar-refractivity contribution in [2.75, 3.05) is 6.61 Å². The minimum atomic E-state index is -1.26. The predicted octanol–water partition coefficient (Wildman–Crippen LogP) is 3.43. The van der Waals surface area contributed by atoms with Gasteiger partial charge in [-0.25, -0.2) is 0 Å². The zero-order chi connectivity index (χ0) is 10.1. The van der Waals surface area contributed by atoms with E-state index in [1.807, 2.05) is 0 Å². The molecule has 0 amide bonds. The molecule has 1 saturated heterocycles. The molecule has 3 heteroatoms. The maximum Gasteiger partial charge on any atom is 0.0824 e. The van der Waals surface area contributed by atoms with Gasteiger partial charge in [0.2, 0.25) is 0 Å². The third-order valence-corrected chi connectivity index (χ3v) is 7.11. The molecule has 1 fully saturated rings. The van der Waals surface area contributed by atoms with E-state index in [2.05, 4.69) is 26.6 Å². The van der Waals surface area contributed by atoms with Crippen molar-refractivity contribution in [1.82, 2.24) is 0 Å². The Morgan fingerprint density at radius 1 is 1.46 bits per heavy atom. The van der Waals surface area contributed by atoms with E-state index in [0.29, 0.717) is 5.38 Å². The normalized spacial score (nSPS) is 36.2. The molecule has 1 heterocycles. The smallest absolute Gasteiger partial charge is 0.0824 e. The molecule has 2 atom stereocenters. The van der Waals surface area contributed by atoms with Crippen molar-refractivity contribution in [3.63, 3.8) is 0 Å². The van der Waals surface area contributed by atoms with Crippen LogP contribution in [0.15, 0.2) is 0 Å². The Balaban J connectivity index is 2.79. The number of ether oxygens (including phenoxy) is 1. The Morgan fingerprint density at radius 3 is 2.38 bits per heavy atom. The highest BCUT2D eigenvalue weighted by Crippen LogP contribution is 2.38. The molecular weight excluding hydrogens is 200 g/mol. The minimum Gasteiger partial charge on any atom is -0.378 e. The van der Waals surface area contributed by atoms with E-state index < -0.39 is 8.07 Å². The molecule has 0 aromatic rings. The molecule has 78 valence electrons. The van der Waals surface area contributed by atoms with Crippen LogP contribution >= 0.6 is 11.6 Å². The Hall–Kier alpha value is 0.467. The molecule has 13 heavy (non-hydrogen) atoms. The number of rotatable bonds is 2. The van der Waals surface area contributed by atoms with E-state index >= 15 is 0 Å². The molecule has 1 aliphatic rings. The van der Waals surface area contributed by atoms with Gasteiger partial charge in [0, 0.05) is 12.0 Å². The number of halogens is 1. The highest BCUT2D eigenvalue weighted by Gasteiger charge is 2.46. The first kappa shape index (κ1) is 11.5. The van der Waals surface area contributed by atoms with E-state index in [1.165, 1.54) is 0 Å². The van der Waals surface area contributed by atoms with Gasteiger partial charge in [0.05, 0.1) is 13.3 Å². The Kier molecular flexibility index (Phi) is 3.47. The van der Waals surface area contributed by atoms with Crippen molar-refractivity contribution < 1.29 is 4.74 Å². The van der Waals surface area contributed by atoms with Gasteiger partial charge >= 0.3 is 0 Å². The standard InChI is InChI=1S/C10H21ClOSi/c1-5-10(13(2,3)4)8-9(11)6-7-12-10/h9H,5-8H2,1-4H3. The molecule has 0 aromatic heterocycles. The average Bonchev–Trinajstić information content (AvgIpc) is 2.02. The van der Waals surface area contributed by atoms with Gasteiger partial charge in [-0.3, -0.25) is 0 Å². The van der Waals surface area contributed by atoms with Crippen LogP contribution in [0, 0.1) is 0 Å². The second-order valence-corrected chi connectivity index (χ2v) is 11.1. The van der Waals surface area contributed by atoms with Crippen molar-refractivity contribution in [1.29, 1.82) is 0 Å². The van der Waals surface area contributed by atoms with Crippen LogP contribution in [0.25, 0.3) is 0 Å². The summed E-state index contributed by atoms with van der Waals surface area (Å²) in [5.41, 5.74) is 0. The van der Waals surface area contributed by atoms with Crippen molar-refractivity contribution in [2.45, 2.75) is 56.4 Å². The molecule has 0 aliphatic carbocycles. The van der Waals surface area contributed by atoms with E-state index in [0.717, 1.165) is 25.9 Å². The molecule has 2 unspecified atom stereocenters. The van der Waals surface area contributed by atoms with E-state index in [4.69, 9.17) is 16.3 Å². The summed E-state index contributed by atoms with van der Waals surface area (Å²) >= 11 is 6.23. The molecule has 1 rings (SSSR count). The number of hydrogen-bond acceptors (Lipinski definition) is 1. The first-order chi connectivity index (χ1) is 5.91. The van der Waals surface area contributed by atoms with Crippen LogP contribution in [-0.2, 0) is 4.74 Å². The lowest BCUT2D eigenvalue weighted by atomic mass is 10.1. The third-order valence-electron chi connectivity index (χ3n) is 3.30. The lowest BCUT2D eigenvalue weighted by Crippen LogP contribution is -2.57. The van der Waals surface area contributed by atoms with Gasteiger partial charge in [-0.2, -0.15) is 0 Å². The highest BCUT2D eigenvalue weighted by atomic mass is 35.5. The van der Waals surface area contributed by atoms with Crippen LogP contribution in [0.2, 0.25) is 19.6 Å². The minimum absolute atomic E-state index is 0.137. The molecule has 0 bridgehead atoms. The summed E-state index contributed by atoms with van der Waals surface area (Å²) < 4.78 is 6.03. The third kappa shape index (κ3) is 2.28. The molecule has 1 aliphatic heterocycles. The molecule has 0 radical (unpaired) electrons. The maximum atomic E-state index is 6.23. The van der Waals surface area contributed by atoms with E-state index in [-0.39, 0.29) is 5.22 Å². The molecule has 0 saturated carbocycles. The molecular formula is C10H21ClOSi. The summed E-state index contributed by atoms with van der Waals surface area (Å²) in [4.78, 5) is 0. The van der Waals surface area contributed by atoms with Gasteiger partial charge in [0.1, 0.15) is 0 Å². The summed E-state index contributed by atoms with van der Waals surface area (Å²) in [5, 5.41) is 0.470. The Bertz CT molecular complexity index is 178. The van der Waals surface area contributed by atoms with Crippen molar-refractivity contribution in [3.05, 3.63) is 0 Å². The molecule has 0 aromatic carbocycles. The SMILES string of the molecule is CCC1([Si](C)(C)C)CC(Cl)CCO1. The fraction of sp³-hybridized carbons (Fsp3) is 1.00. The lowest BCUT2D eigenvalue weighted by molar-refractivity contribution is -0.0262. The fourth-order valence-corrected chi connectivity index (χ4v) is 5.12.